The first kappa shape index (κ1) is 12.3. The monoisotopic (exact) mass is 276 g/mol. The van der Waals surface area contributed by atoms with Gasteiger partial charge in [-0.25, -0.2) is 0 Å². The van der Waals surface area contributed by atoms with E-state index in [1.54, 1.807) is 12.4 Å². The second-order valence-corrected chi connectivity index (χ2v) is 5.77. The van der Waals surface area contributed by atoms with Gasteiger partial charge in [-0.15, -0.1) is 0 Å². The normalized spacial score (nSPS) is 21.0. The molecule has 0 unspecified atom stereocenters. The van der Waals surface area contributed by atoms with Crippen molar-refractivity contribution >= 4 is 5.91 Å². The van der Waals surface area contributed by atoms with Gasteiger partial charge in [0, 0.05) is 18.0 Å². The number of pyridine rings is 1. The van der Waals surface area contributed by atoms with E-state index < -0.39 is 0 Å². The minimum Gasteiger partial charge on any atom is -0.343 e. The van der Waals surface area contributed by atoms with Crippen LogP contribution in [0.1, 0.15) is 24.8 Å². The van der Waals surface area contributed by atoms with Gasteiger partial charge in [0.15, 0.2) is 0 Å². The number of carbonyl (C=O) groups is 1. The van der Waals surface area contributed by atoms with Gasteiger partial charge in [0.1, 0.15) is 0 Å². The zero-order valence-electron chi connectivity index (χ0n) is 11.7. The molecule has 0 aromatic carbocycles. The lowest BCUT2D eigenvalue weighted by Gasteiger charge is -2.43. The predicted molar refractivity (Wildman–Crippen MR) is 81.3 cm³/mol. The van der Waals surface area contributed by atoms with E-state index in [9.17, 15) is 4.79 Å². The summed E-state index contributed by atoms with van der Waals surface area (Å²) in [6.07, 6.45) is 16.7. The molecule has 0 radical (unpaired) electrons. The van der Waals surface area contributed by atoms with E-state index in [4.69, 9.17) is 0 Å². The fourth-order valence-electron chi connectivity index (χ4n) is 3.26. The summed E-state index contributed by atoms with van der Waals surface area (Å²) in [6, 6.07) is 4.01. The van der Waals surface area contributed by atoms with Crippen molar-refractivity contribution in [1.29, 1.82) is 0 Å². The standard InChI is InChI=1S/C18H16N2O/c21-17(16-6-5-13-3-1-4-15(13)16)20-18(9-2-10-18)14-7-11-19-12-8-14/h1,3-8,11-12H,2,9-10H2,(H,20,21). The minimum absolute atomic E-state index is 0.0210. The molecule has 0 spiro atoms. The Labute approximate surface area is 123 Å². The van der Waals surface area contributed by atoms with Gasteiger partial charge >= 0.3 is 0 Å². The molecular weight excluding hydrogens is 260 g/mol. The Morgan fingerprint density at radius 2 is 1.95 bits per heavy atom. The van der Waals surface area contributed by atoms with Gasteiger partial charge in [0.25, 0.3) is 5.91 Å². The van der Waals surface area contributed by atoms with Crippen molar-refractivity contribution < 1.29 is 4.79 Å². The number of fused-ring (bicyclic) bond motifs is 1. The zero-order chi connectivity index (χ0) is 14.3. The Kier molecular flexibility index (Phi) is 2.67. The summed E-state index contributed by atoms with van der Waals surface area (Å²) < 4.78 is 0. The van der Waals surface area contributed by atoms with Crippen molar-refractivity contribution in [3.05, 3.63) is 77.2 Å². The molecule has 1 aromatic rings. The largest absolute Gasteiger partial charge is 0.343 e. The molecule has 1 N–H and O–H groups in total. The van der Waals surface area contributed by atoms with Crippen LogP contribution >= 0.6 is 0 Å². The Hall–Kier alpha value is -2.42. The van der Waals surface area contributed by atoms with Crippen LogP contribution in [0.15, 0.2) is 71.6 Å². The molecule has 0 saturated heterocycles. The van der Waals surface area contributed by atoms with E-state index in [-0.39, 0.29) is 11.4 Å². The van der Waals surface area contributed by atoms with Gasteiger partial charge < -0.3 is 5.32 Å². The number of nitrogens with one attached hydrogen (secondary N) is 1. The van der Waals surface area contributed by atoms with E-state index >= 15 is 0 Å². The summed E-state index contributed by atoms with van der Waals surface area (Å²) in [5.41, 5.74) is 3.89. The van der Waals surface area contributed by atoms with E-state index in [2.05, 4.69) is 10.3 Å². The van der Waals surface area contributed by atoms with Crippen LogP contribution in [0.5, 0.6) is 0 Å². The Morgan fingerprint density at radius 1 is 1.14 bits per heavy atom. The van der Waals surface area contributed by atoms with Gasteiger partial charge in [-0.2, -0.15) is 0 Å². The molecule has 3 aliphatic carbocycles. The summed E-state index contributed by atoms with van der Waals surface area (Å²) in [4.78, 5) is 16.7. The van der Waals surface area contributed by atoms with Crippen LogP contribution in [0.25, 0.3) is 0 Å². The van der Waals surface area contributed by atoms with Gasteiger partial charge in [-0.1, -0.05) is 24.3 Å². The van der Waals surface area contributed by atoms with Gasteiger partial charge in [0.05, 0.1) is 5.54 Å². The van der Waals surface area contributed by atoms with Crippen molar-refractivity contribution in [2.45, 2.75) is 24.8 Å². The van der Waals surface area contributed by atoms with Crippen molar-refractivity contribution in [2.24, 2.45) is 0 Å². The van der Waals surface area contributed by atoms with Crippen LogP contribution < -0.4 is 5.32 Å². The molecular formula is C18H16N2O. The molecule has 1 aromatic heterocycles. The highest BCUT2D eigenvalue weighted by molar-refractivity contribution is 6.01. The maximum absolute atomic E-state index is 12.7. The van der Waals surface area contributed by atoms with Crippen LogP contribution in [0.2, 0.25) is 0 Å². The second-order valence-electron chi connectivity index (χ2n) is 5.77. The third kappa shape index (κ3) is 1.88. The molecule has 21 heavy (non-hydrogen) atoms. The van der Waals surface area contributed by atoms with E-state index in [0.717, 1.165) is 41.5 Å². The second kappa shape index (κ2) is 4.55. The van der Waals surface area contributed by atoms with Crippen molar-refractivity contribution in [1.82, 2.24) is 10.3 Å². The average molecular weight is 276 g/mol. The quantitative estimate of drug-likeness (QED) is 0.922. The highest BCUT2D eigenvalue weighted by Crippen LogP contribution is 2.41. The number of amides is 1. The van der Waals surface area contributed by atoms with Crippen LogP contribution in [0.4, 0.5) is 0 Å². The Morgan fingerprint density at radius 3 is 2.67 bits per heavy atom. The Bertz CT molecular complexity index is 719. The molecule has 104 valence electrons. The summed E-state index contributed by atoms with van der Waals surface area (Å²) in [7, 11) is 0. The maximum Gasteiger partial charge on any atom is 0.252 e. The number of rotatable bonds is 3. The summed E-state index contributed by atoms with van der Waals surface area (Å²) in [5, 5.41) is 3.26. The van der Waals surface area contributed by atoms with Crippen LogP contribution in [-0.2, 0) is 10.3 Å². The zero-order valence-corrected chi connectivity index (χ0v) is 11.7. The van der Waals surface area contributed by atoms with E-state index in [1.165, 1.54) is 0 Å². The number of carbonyl (C=O) groups excluding carboxylic acids is 1. The molecule has 1 fully saturated rings. The molecule has 1 heterocycles. The molecule has 0 bridgehead atoms. The topological polar surface area (TPSA) is 42.0 Å². The lowest BCUT2D eigenvalue weighted by Crippen LogP contribution is -2.51. The number of hydrogen-bond acceptors (Lipinski definition) is 2. The van der Waals surface area contributed by atoms with Crippen LogP contribution in [-0.4, -0.2) is 10.9 Å². The highest BCUT2D eigenvalue weighted by Gasteiger charge is 2.40. The SMILES string of the molecule is O=C(NC1(c2ccncc2)CCC1)C1=C2C=CC=C2C=C1. The molecule has 0 aliphatic heterocycles. The third-order valence-corrected chi connectivity index (χ3v) is 4.61. The highest BCUT2D eigenvalue weighted by atomic mass is 16.1. The first-order valence-corrected chi connectivity index (χ1v) is 7.33. The third-order valence-electron chi connectivity index (χ3n) is 4.61. The molecule has 1 saturated carbocycles. The summed E-state index contributed by atoms with van der Waals surface area (Å²) >= 11 is 0. The van der Waals surface area contributed by atoms with E-state index in [1.807, 2.05) is 42.5 Å². The number of allylic oxidation sites excluding steroid dienone is 6. The van der Waals surface area contributed by atoms with Crippen molar-refractivity contribution in [3.8, 4) is 0 Å². The first-order valence-electron chi connectivity index (χ1n) is 7.33. The van der Waals surface area contributed by atoms with Gasteiger partial charge in [0.2, 0.25) is 0 Å². The fraction of sp³-hybridized carbons (Fsp3) is 0.222. The molecule has 1 amide bonds. The molecule has 4 rings (SSSR count). The Balaban J connectivity index is 1.62. The smallest absolute Gasteiger partial charge is 0.252 e. The summed E-state index contributed by atoms with van der Waals surface area (Å²) in [5.74, 6) is 0.0210. The number of aromatic nitrogens is 1. The molecule has 3 aliphatic rings. The minimum atomic E-state index is -0.212. The van der Waals surface area contributed by atoms with Crippen molar-refractivity contribution in [3.63, 3.8) is 0 Å². The maximum atomic E-state index is 12.7. The first-order chi connectivity index (χ1) is 10.3. The van der Waals surface area contributed by atoms with Gasteiger partial charge in [-0.05, 0) is 54.2 Å². The number of hydrogen-bond donors (Lipinski definition) is 1. The molecule has 0 atom stereocenters. The van der Waals surface area contributed by atoms with Crippen molar-refractivity contribution in [2.75, 3.05) is 0 Å². The van der Waals surface area contributed by atoms with Gasteiger partial charge in [-0.3, -0.25) is 9.78 Å². The summed E-state index contributed by atoms with van der Waals surface area (Å²) in [6.45, 7) is 0. The fourth-order valence-corrected chi connectivity index (χ4v) is 3.26. The number of nitrogens with zero attached hydrogens (tertiary/aromatic N) is 1. The van der Waals surface area contributed by atoms with Crippen LogP contribution in [0, 0.1) is 0 Å². The average Bonchev–Trinajstić information content (AvgIpc) is 3.06. The van der Waals surface area contributed by atoms with Crippen LogP contribution in [0.3, 0.4) is 0 Å². The lowest BCUT2D eigenvalue weighted by atomic mass is 9.72. The molecule has 3 heteroatoms. The predicted octanol–water partition coefficient (Wildman–Crippen LogP) is 2.94. The lowest BCUT2D eigenvalue weighted by molar-refractivity contribution is -0.120. The molecule has 3 nitrogen and oxygen atoms in total. The van der Waals surface area contributed by atoms with E-state index in [0.29, 0.717) is 0 Å².